The molecule has 2 heterocycles. The Morgan fingerprint density at radius 1 is 1.33 bits per heavy atom. The zero-order valence-electron chi connectivity index (χ0n) is 12.7. The summed E-state index contributed by atoms with van der Waals surface area (Å²) in [6.45, 7) is 8.84. The first-order valence-electron chi connectivity index (χ1n) is 7.72. The number of nitrogens with zero attached hydrogens (tertiary/aromatic N) is 3. The number of hydrogen-bond donors (Lipinski definition) is 1. The third-order valence-electron chi connectivity index (χ3n) is 3.97. The summed E-state index contributed by atoms with van der Waals surface area (Å²) in [4.78, 5) is 19.1. The molecule has 0 saturated carbocycles. The lowest BCUT2D eigenvalue weighted by Crippen LogP contribution is -2.34. The van der Waals surface area contributed by atoms with E-state index in [1.54, 1.807) is 0 Å². The first kappa shape index (κ1) is 14.1. The van der Waals surface area contributed by atoms with E-state index < -0.39 is 0 Å². The van der Waals surface area contributed by atoms with Crippen LogP contribution in [0.5, 0.6) is 0 Å². The lowest BCUT2D eigenvalue weighted by molar-refractivity contribution is 0.0956. The van der Waals surface area contributed by atoms with E-state index in [1.807, 2.05) is 25.1 Å². The van der Waals surface area contributed by atoms with Gasteiger partial charge in [-0.1, -0.05) is 6.92 Å². The molecule has 0 saturated heterocycles. The summed E-state index contributed by atoms with van der Waals surface area (Å²) in [5, 5.41) is 2.83. The van der Waals surface area contributed by atoms with Gasteiger partial charge in [0, 0.05) is 25.2 Å². The summed E-state index contributed by atoms with van der Waals surface area (Å²) in [5.74, 6) is 1.08. The largest absolute Gasteiger partial charge is 0.352 e. The number of carbonyl (C=O) groups excluding carboxylic acids is 1. The second-order valence-electron chi connectivity index (χ2n) is 5.52. The average Bonchev–Trinajstić information content (AvgIpc) is 2.84. The third-order valence-corrected chi connectivity index (χ3v) is 3.97. The molecule has 3 rings (SSSR count). The standard InChI is InChI=1S/C16H22N4O/c1-3-7-19-8-9-20-14-6-5-12(16(21)17-4-2)10-13(14)18-15(20)11-19/h5-6,10H,3-4,7-9,11H2,1-2H3,(H,17,21). The molecule has 1 amide bonds. The molecule has 1 aliphatic rings. The minimum atomic E-state index is -0.0296. The molecule has 21 heavy (non-hydrogen) atoms. The fourth-order valence-electron chi connectivity index (χ4n) is 2.98. The van der Waals surface area contributed by atoms with E-state index in [9.17, 15) is 4.79 Å². The van der Waals surface area contributed by atoms with Crippen LogP contribution in [-0.2, 0) is 13.1 Å². The van der Waals surface area contributed by atoms with E-state index in [0.717, 1.165) is 43.0 Å². The number of hydrogen-bond acceptors (Lipinski definition) is 3. The van der Waals surface area contributed by atoms with Crippen LogP contribution in [0.3, 0.4) is 0 Å². The molecule has 0 atom stereocenters. The summed E-state index contributed by atoms with van der Waals surface area (Å²) in [6.07, 6.45) is 1.17. The Bertz CT molecular complexity index is 662. The quantitative estimate of drug-likeness (QED) is 0.935. The van der Waals surface area contributed by atoms with Crippen molar-refractivity contribution in [2.24, 2.45) is 0 Å². The Hall–Kier alpha value is -1.88. The van der Waals surface area contributed by atoms with Gasteiger partial charge in [-0.15, -0.1) is 0 Å². The number of benzene rings is 1. The van der Waals surface area contributed by atoms with Crippen LogP contribution in [0.1, 0.15) is 36.5 Å². The SMILES string of the molecule is CCCN1CCn2c(nc3cc(C(=O)NCC)ccc32)C1. The van der Waals surface area contributed by atoms with Gasteiger partial charge in [0.25, 0.3) is 5.91 Å². The lowest BCUT2D eigenvalue weighted by atomic mass is 10.2. The summed E-state index contributed by atoms with van der Waals surface area (Å²) >= 11 is 0. The fourth-order valence-corrected chi connectivity index (χ4v) is 2.98. The van der Waals surface area contributed by atoms with E-state index in [-0.39, 0.29) is 5.91 Å². The third kappa shape index (κ3) is 2.65. The Labute approximate surface area is 125 Å². The number of nitrogens with one attached hydrogen (secondary N) is 1. The molecule has 1 aromatic heterocycles. The smallest absolute Gasteiger partial charge is 0.251 e. The van der Waals surface area contributed by atoms with E-state index >= 15 is 0 Å². The first-order valence-corrected chi connectivity index (χ1v) is 7.72. The van der Waals surface area contributed by atoms with Crippen molar-refractivity contribution in [2.75, 3.05) is 19.6 Å². The lowest BCUT2D eigenvalue weighted by Gasteiger charge is -2.27. The van der Waals surface area contributed by atoms with Crippen LogP contribution in [0.2, 0.25) is 0 Å². The van der Waals surface area contributed by atoms with E-state index in [1.165, 1.54) is 6.42 Å². The van der Waals surface area contributed by atoms with Crippen LogP contribution >= 0.6 is 0 Å². The number of imidazole rings is 1. The Balaban J connectivity index is 1.92. The molecular formula is C16H22N4O. The van der Waals surface area contributed by atoms with Crippen molar-refractivity contribution in [3.05, 3.63) is 29.6 Å². The maximum absolute atomic E-state index is 11.9. The molecule has 0 bridgehead atoms. The number of aromatic nitrogens is 2. The molecular weight excluding hydrogens is 264 g/mol. The van der Waals surface area contributed by atoms with Gasteiger partial charge in [-0.05, 0) is 38.1 Å². The highest BCUT2D eigenvalue weighted by Crippen LogP contribution is 2.22. The van der Waals surface area contributed by atoms with Gasteiger partial charge in [0.05, 0.1) is 17.6 Å². The molecule has 0 aliphatic carbocycles. The minimum Gasteiger partial charge on any atom is -0.352 e. The fraction of sp³-hybridized carbons (Fsp3) is 0.500. The minimum absolute atomic E-state index is 0.0296. The number of carbonyl (C=O) groups is 1. The highest BCUT2D eigenvalue weighted by molar-refractivity contribution is 5.97. The molecule has 0 spiro atoms. The second kappa shape index (κ2) is 5.85. The van der Waals surface area contributed by atoms with Crippen LogP contribution in [0.25, 0.3) is 11.0 Å². The van der Waals surface area contributed by atoms with Gasteiger partial charge in [0.15, 0.2) is 0 Å². The second-order valence-corrected chi connectivity index (χ2v) is 5.52. The van der Waals surface area contributed by atoms with Crippen molar-refractivity contribution >= 4 is 16.9 Å². The van der Waals surface area contributed by atoms with Gasteiger partial charge in [0.1, 0.15) is 5.82 Å². The van der Waals surface area contributed by atoms with Gasteiger partial charge in [-0.25, -0.2) is 4.98 Å². The van der Waals surface area contributed by atoms with E-state index in [0.29, 0.717) is 12.1 Å². The van der Waals surface area contributed by atoms with Crippen LogP contribution in [0, 0.1) is 0 Å². The Morgan fingerprint density at radius 2 is 2.19 bits per heavy atom. The Kier molecular flexibility index (Phi) is 3.92. The van der Waals surface area contributed by atoms with Crippen molar-refractivity contribution in [3.63, 3.8) is 0 Å². The van der Waals surface area contributed by atoms with E-state index in [4.69, 9.17) is 4.98 Å². The van der Waals surface area contributed by atoms with Crippen molar-refractivity contribution in [1.82, 2.24) is 19.8 Å². The summed E-state index contributed by atoms with van der Waals surface area (Å²) in [5.41, 5.74) is 2.74. The molecule has 5 heteroatoms. The first-order chi connectivity index (χ1) is 10.2. The molecule has 0 unspecified atom stereocenters. The maximum atomic E-state index is 11.9. The topological polar surface area (TPSA) is 50.2 Å². The Morgan fingerprint density at radius 3 is 2.95 bits per heavy atom. The summed E-state index contributed by atoms with van der Waals surface area (Å²) in [7, 11) is 0. The maximum Gasteiger partial charge on any atom is 0.251 e. The molecule has 1 aromatic carbocycles. The van der Waals surface area contributed by atoms with Crippen molar-refractivity contribution in [3.8, 4) is 0 Å². The monoisotopic (exact) mass is 286 g/mol. The highest BCUT2D eigenvalue weighted by atomic mass is 16.1. The molecule has 1 aliphatic heterocycles. The summed E-state index contributed by atoms with van der Waals surface area (Å²) < 4.78 is 2.28. The molecule has 1 N–H and O–H groups in total. The number of fused-ring (bicyclic) bond motifs is 3. The molecule has 5 nitrogen and oxygen atoms in total. The van der Waals surface area contributed by atoms with Crippen molar-refractivity contribution in [1.29, 1.82) is 0 Å². The number of rotatable bonds is 4. The molecule has 0 fully saturated rings. The van der Waals surface area contributed by atoms with Crippen LogP contribution < -0.4 is 5.32 Å². The van der Waals surface area contributed by atoms with Gasteiger partial charge in [-0.2, -0.15) is 0 Å². The van der Waals surface area contributed by atoms with Gasteiger partial charge < -0.3 is 9.88 Å². The highest BCUT2D eigenvalue weighted by Gasteiger charge is 2.20. The summed E-state index contributed by atoms with van der Waals surface area (Å²) in [6, 6.07) is 5.81. The average molecular weight is 286 g/mol. The van der Waals surface area contributed by atoms with Crippen molar-refractivity contribution in [2.45, 2.75) is 33.4 Å². The zero-order valence-corrected chi connectivity index (χ0v) is 12.7. The van der Waals surface area contributed by atoms with Crippen LogP contribution in [0.15, 0.2) is 18.2 Å². The zero-order chi connectivity index (χ0) is 14.8. The molecule has 112 valence electrons. The van der Waals surface area contributed by atoms with Crippen LogP contribution in [0.4, 0.5) is 0 Å². The predicted octanol–water partition coefficient (Wildman–Crippen LogP) is 2.01. The van der Waals surface area contributed by atoms with Crippen molar-refractivity contribution < 1.29 is 4.79 Å². The molecule has 0 radical (unpaired) electrons. The number of amides is 1. The molecule has 2 aromatic rings. The van der Waals surface area contributed by atoms with Gasteiger partial charge in [0.2, 0.25) is 0 Å². The van der Waals surface area contributed by atoms with Gasteiger partial charge >= 0.3 is 0 Å². The predicted molar refractivity (Wildman–Crippen MR) is 83.3 cm³/mol. The van der Waals surface area contributed by atoms with Gasteiger partial charge in [-0.3, -0.25) is 9.69 Å². The van der Waals surface area contributed by atoms with Crippen LogP contribution in [-0.4, -0.2) is 40.0 Å². The normalized spacial score (nSPS) is 15.1. The van der Waals surface area contributed by atoms with E-state index in [2.05, 4.69) is 21.7 Å².